The molecule has 67 heavy (non-hydrogen) atoms. The maximum absolute atomic E-state index is 15.3. The third kappa shape index (κ3) is 16.6. The topological polar surface area (TPSA) is 266 Å². The van der Waals surface area contributed by atoms with Gasteiger partial charge in [0.05, 0.1) is 31.3 Å². The highest BCUT2D eigenvalue weighted by Gasteiger charge is 2.38. The zero-order valence-electron chi connectivity index (χ0n) is 39.1. The third-order valence-corrected chi connectivity index (χ3v) is 11.2. The minimum absolute atomic E-state index is 0.0335. The first-order valence-electron chi connectivity index (χ1n) is 21.7. The lowest BCUT2D eigenvalue weighted by Crippen LogP contribution is -2.56. The van der Waals surface area contributed by atoms with Gasteiger partial charge in [0.15, 0.2) is 0 Å². The van der Waals surface area contributed by atoms with Gasteiger partial charge in [0.25, 0.3) is 0 Å². The number of aliphatic hydroxyl groups excluding tert-OH is 2. The van der Waals surface area contributed by atoms with Gasteiger partial charge in [0.2, 0.25) is 41.4 Å². The van der Waals surface area contributed by atoms with Crippen LogP contribution >= 0.6 is 0 Å². The first kappa shape index (κ1) is 54.7. The highest BCUT2D eigenvalue weighted by Crippen LogP contribution is 2.41. The summed E-state index contributed by atoms with van der Waals surface area (Å²) in [7, 11) is 0. The second kappa shape index (κ2) is 24.7. The Morgan fingerprint density at radius 1 is 0.851 bits per heavy atom. The van der Waals surface area contributed by atoms with Crippen molar-refractivity contribution >= 4 is 41.4 Å². The number of nitrogens with two attached hydrogens (primary N) is 1. The Kier molecular flexibility index (Phi) is 20.2. The van der Waals surface area contributed by atoms with Gasteiger partial charge in [-0.25, -0.2) is 8.78 Å². The normalized spacial score (nSPS) is 13.3. The van der Waals surface area contributed by atoms with Crippen LogP contribution in [0.1, 0.15) is 78.6 Å². The standard InChI is InChI=1S/C47H65F2N9O9/c1-28(47(7,8)29(2)60)53-23-40(63)51-17-18-52-44(66)36(56-45(67)37(22-39(50)62)55-41(64)24-54-30(3)61)16-19-58(42(65)27-59)43(46(4,5)6)38-20-32(34-21-33(48)14-15-35(34)49)26-57(38)25-31-12-10-9-11-13-31/h9-15,20-21,26,28,36-37,43,53,59-60H,2,16-19,22-25,27H2,1,3-8H3,(H2,50,62)(H,51,63)(H,52,66)(H,54,61)(H,55,64)(H,56,67). The number of halogens is 2. The maximum Gasteiger partial charge on any atom is 0.248 e. The fourth-order valence-electron chi connectivity index (χ4n) is 7.09. The molecule has 3 rings (SSSR count). The van der Waals surface area contributed by atoms with Gasteiger partial charge in [-0.15, -0.1) is 0 Å². The average Bonchev–Trinajstić information content (AvgIpc) is 3.65. The van der Waals surface area contributed by atoms with E-state index in [1.54, 1.807) is 37.6 Å². The molecule has 366 valence electrons. The molecule has 0 saturated carbocycles. The van der Waals surface area contributed by atoms with Crippen molar-refractivity contribution in [1.82, 2.24) is 41.4 Å². The molecule has 0 aliphatic carbocycles. The Labute approximate surface area is 389 Å². The van der Waals surface area contributed by atoms with Crippen molar-refractivity contribution in [3.8, 4) is 11.1 Å². The molecular weight excluding hydrogens is 873 g/mol. The quantitative estimate of drug-likeness (QED) is 0.0441. The first-order valence-corrected chi connectivity index (χ1v) is 21.7. The van der Waals surface area contributed by atoms with E-state index < -0.39 is 102 Å². The van der Waals surface area contributed by atoms with E-state index in [0.29, 0.717) is 11.3 Å². The van der Waals surface area contributed by atoms with Gasteiger partial charge >= 0.3 is 0 Å². The van der Waals surface area contributed by atoms with E-state index in [4.69, 9.17) is 5.73 Å². The Balaban J connectivity index is 2.01. The number of aliphatic hydroxyl groups is 2. The number of hydrogen-bond donors (Lipinski definition) is 9. The smallest absolute Gasteiger partial charge is 0.248 e. The summed E-state index contributed by atoms with van der Waals surface area (Å²) in [5.74, 6) is -6.79. The van der Waals surface area contributed by atoms with Crippen LogP contribution in [-0.2, 0) is 40.1 Å². The van der Waals surface area contributed by atoms with Gasteiger partial charge < -0.3 is 57.3 Å². The highest BCUT2D eigenvalue weighted by atomic mass is 19.1. The number of nitrogens with one attached hydrogen (secondary N) is 6. The van der Waals surface area contributed by atoms with Gasteiger partial charge in [-0.1, -0.05) is 71.5 Å². The Morgan fingerprint density at radius 2 is 1.51 bits per heavy atom. The molecule has 0 radical (unpaired) electrons. The number of rotatable bonds is 25. The van der Waals surface area contributed by atoms with Gasteiger partial charge in [0, 0.05) is 67.6 Å². The van der Waals surface area contributed by atoms with E-state index in [0.717, 1.165) is 23.8 Å². The molecule has 10 N–H and O–H groups in total. The SMILES string of the molecule is C=C(O)C(C)(C)C(C)NCC(=O)NCCNC(=O)C(CCN(C(=O)CO)C(c1cc(-c2cc(F)ccc2F)cn1Cc1ccccc1)C(C)(C)C)NC(=O)C(CC(N)=O)NC(=O)CNC(C)=O. The molecule has 0 aliphatic rings. The lowest BCUT2D eigenvalue weighted by Gasteiger charge is -2.41. The molecule has 0 fully saturated rings. The summed E-state index contributed by atoms with van der Waals surface area (Å²) < 4.78 is 31.6. The second-order valence-electron chi connectivity index (χ2n) is 17.9. The highest BCUT2D eigenvalue weighted by molar-refractivity contribution is 5.95. The van der Waals surface area contributed by atoms with Crippen LogP contribution in [0.3, 0.4) is 0 Å². The number of carbonyl (C=O) groups excluding carboxylic acids is 7. The van der Waals surface area contributed by atoms with Crippen molar-refractivity contribution in [3.05, 3.63) is 96.0 Å². The van der Waals surface area contributed by atoms with Crippen molar-refractivity contribution < 1.29 is 52.6 Å². The van der Waals surface area contributed by atoms with Crippen LogP contribution in [-0.4, -0.2) is 118 Å². The number of aromatic nitrogens is 1. The summed E-state index contributed by atoms with van der Waals surface area (Å²) in [6.45, 7) is 13.6. The number of hydrogen-bond acceptors (Lipinski definition) is 10. The van der Waals surface area contributed by atoms with Crippen molar-refractivity contribution in [2.45, 2.75) is 92.0 Å². The van der Waals surface area contributed by atoms with E-state index in [-0.39, 0.29) is 56.5 Å². The molecule has 1 heterocycles. The minimum atomic E-state index is -1.60. The van der Waals surface area contributed by atoms with Gasteiger partial charge in [0.1, 0.15) is 30.3 Å². The molecule has 2 aromatic carbocycles. The van der Waals surface area contributed by atoms with E-state index in [1.165, 1.54) is 11.8 Å². The fraction of sp³-hybridized carbons (Fsp3) is 0.468. The van der Waals surface area contributed by atoms with Crippen LogP contribution in [0.25, 0.3) is 11.1 Å². The van der Waals surface area contributed by atoms with Crippen LogP contribution in [0.5, 0.6) is 0 Å². The predicted octanol–water partition coefficient (Wildman–Crippen LogP) is 2.07. The van der Waals surface area contributed by atoms with Crippen molar-refractivity contribution in [2.24, 2.45) is 16.6 Å². The molecule has 1 aromatic heterocycles. The van der Waals surface area contributed by atoms with E-state index in [9.17, 15) is 48.2 Å². The second-order valence-corrected chi connectivity index (χ2v) is 17.9. The monoisotopic (exact) mass is 937 g/mol. The molecule has 20 heteroatoms. The van der Waals surface area contributed by atoms with Crippen molar-refractivity contribution in [3.63, 3.8) is 0 Å². The largest absolute Gasteiger partial charge is 0.512 e. The Morgan fingerprint density at radius 3 is 2.10 bits per heavy atom. The number of nitrogens with zero attached hydrogens (tertiary/aromatic N) is 2. The Hall–Kier alpha value is -6.67. The molecule has 18 nitrogen and oxygen atoms in total. The summed E-state index contributed by atoms with van der Waals surface area (Å²) >= 11 is 0. The summed E-state index contributed by atoms with van der Waals surface area (Å²) in [4.78, 5) is 91.8. The maximum atomic E-state index is 15.3. The number of primary amides is 1. The van der Waals surface area contributed by atoms with Crippen LogP contribution in [0.4, 0.5) is 8.78 Å². The molecule has 0 bridgehead atoms. The molecule has 4 unspecified atom stereocenters. The summed E-state index contributed by atoms with van der Waals surface area (Å²) in [5.41, 5.74) is 5.41. The zero-order chi connectivity index (χ0) is 50.2. The first-order chi connectivity index (χ1) is 31.3. The lowest BCUT2D eigenvalue weighted by atomic mass is 9.82. The zero-order valence-corrected chi connectivity index (χ0v) is 39.1. The van der Waals surface area contributed by atoms with Crippen LogP contribution < -0.4 is 37.6 Å². The molecule has 7 amide bonds. The molecule has 4 atom stereocenters. The molecule has 0 aliphatic heterocycles. The summed E-state index contributed by atoms with van der Waals surface area (Å²) in [5, 5.41) is 35.8. The minimum Gasteiger partial charge on any atom is -0.512 e. The molecule has 0 spiro atoms. The number of benzene rings is 2. The number of amides is 7. The average molecular weight is 938 g/mol. The van der Waals surface area contributed by atoms with Crippen molar-refractivity contribution in [2.75, 3.05) is 39.3 Å². The van der Waals surface area contributed by atoms with Crippen LogP contribution in [0, 0.1) is 22.5 Å². The summed E-state index contributed by atoms with van der Waals surface area (Å²) in [6, 6.07) is 9.61. The van der Waals surface area contributed by atoms with Gasteiger partial charge in [-0.05, 0) is 48.6 Å². The van der Waals surface area contributed by atoms with Gasteiger partial charge in [-0.3, -0.25) is 33.6 Å². The fourth-order valence-corrected chi connectivity index (χ4v) is 7.09. The molecular formula is C47H65F2N9O9. The van der Waals surface area contributed by atoms with Crippen LogP contribution in [0.2, 0.25) is 0 Å². The Bertz CT molecular complexity index is 2250. The molecule has 0 saturated heterocycles. The predicted molar refractivity (Wildman–Crippen MR) is 246 cm³/mol. The van der Waals surface area contributed by atoms with E-state index in [1.807, 2.05) is 51.1 Å². The van der Waals surface area contributed by atoms with Crippen molar-refractivity contribution in [1.29, 1.82) is 0 Å². The van der Waals surface area contributed by atoms with Gasteiger partial charge in [-0.2, -0.15) is 0 Å². The van der Waals surface area contributed by atoms with E-state index in [2.05, 4.69) is 38.5 Å². The third-order valence-electron chi connectivity index (χ3n) is 11.2. The van der Waals surface area contributed by atoms with Crippen LogP contribution in [0.15, 0.2) is 73.1 Å². The number of carbonyl (C=O) groups is 7. The molecule has 3 aromatic rings. The lowest BCUT2D eigenvalue weighted by molar-refractivity contribution is -0.140. The summed E-state index contributed by atoms with van der Waals surface area (Å²) in [6.07, 6.45) is 0.629. The van der Waals surface area contributed by atoms with E-state index >= 15 is 4.39 Å².